The van der Waals surface area contributed by atoms with Crippen LogP contribution in [-0.2, 0) is 0 Å². The van der Waals surface area contributed by atoms with E-state index in [9.17, 15) is 4.79 Å². The van der Waals surface area contributed by atoms with E-state index in [2.05, 4.69) is 38.0 Å². The Morgan fingerprint density at radius 1 is 1.16 bits per heavy atom. The van der Waals surface area contributed by atoms with Crippen LogP contribution in [0.1, 0.15) is 38.2 Å². The van der Waals surface area contributed by atoms with Gasteiger partial charge in [0, 0.05) is 16.9 Å². The molecule has 2 aromatic rings. The van der Waals surface area contributed by atoms with Crippen LogP contribution >= 0.6 is 0 Å². The number of carbonyl (C=O) groups is 1. The average molecular weight is 256 g/mol. The Labute approximate surface area is 113 Å². The van der Waals surface area contributed by atoms with Gasteiger partial charge in [-0.2, -0.15) is 0 Å². The monoisotopic (exact) mass is 256 g/mol. The number of benzene rings is 1. The van der Waals surface area contributed by atoms with Crippen molar-refractivity contribution in [3.63, 3.8) is 0 Å². The number of aromatic amines is 1. The van der Waals surface area contributed by atoms with Crippen LogP contribution < -0.4 is 5.32 Å². The van der Waals surface area contributed by atoms with Gasteiger partial charge in [0.15, 0.2) is 0 Å². The SMILES string of the molecule is CC1(C)C(NC(=O)c2cc3ccccc3[nH]2)C1(C)C. The van der Waals surface area contributed by atoms with Crippen molar-refractivity contribution in [2.24, 2.45) is 10.8 Å². The minimum atomic E-state index is -0.0140. The van der Waals surface area contributed by atoms with Crippen LogP contribution in [-0.4, -0.2) is 16.9 Å². The van der Waals surface area contributed by atoms with Gasteiger partial charge in [-0.1, -0.05) is 45.9 Å². The zero-order chi connectivity index (χ0) is 13.8. The number of amides is 1. The lowest BCUT2D eigenvalue weighted by Gasteiger charge is -2.04. The van der Waals surface area contributed by atoms with Crippen LogP contribution in [0, 0.1) is 10.8 Å². The van der Waals surface area contributed by atoms with Gasteiger partial charge in [-0.05, 0) is 23.0 Å². The summed E-state index contributed by atoms with van der Waals surface area (Å²) in [5.41, 5.74) is 1.96. The number of nitrogens with one attached hydrogen (secondary N) is 2. The molecule has 3 rings (SSSR count). The second-order valence-corrected chi connectivity index (χ2v) is 6.62. The first-order valence-corrected chi connectivity index (χ1v) is 6.72. The Kier molecular flexibility index (Phi) is 2.34. The molecule has 0 radical (unpaired) electrons. The van der Waals surface area contributed by atoms with E-state index in [1.807, 2.05) is 30.3 Å². The number of rotatable bonds is 2. The van der Waals surface area contributed by atoms with Gasteiger partial charge in [0.1, 0.15) is 5.69 Å². The maximum Gasteiger partial charge on any atom is 0.267 e. The summed E-state index contributed by atoms with van der Waals surface area (Å²) in [5, 5.41) is 4.21. The summed E-state index contributed by atoms with van der Waals surface area (Å²) in [6.07, 6.45) is 0. The minimum absolute atomic E-state index is 0.0140. The molecule has 1 saturated carbocycles. The molecule has 1 fully saturated rings. The van der Waals surface area contributed by atoms with Gasteiger partial charge in [-0.25, -0.2) is 0 Å². The Morgan fingerprint density at radius 2 is 1.79 bits per heavy atom. The molecule has 0 aliphatic heterocycles. The predicted molar refractivity (Wildman–Crippen MR) is 77.1 cm³/mol. The van der Waals surface area contributed by atoms with E-state index in [1.165, 1.54) is 0 Å². The number of hydrogen-bond acceptors (Lipinski definition) is 1. The third-order valence-electron chi connectivity index (χ3n) is 5.07. The van der Waals surface area contributed by atoms with Crippen molar-refractivity contribution < 1.29 is 4.79 Å². The molecule has 0 bridgehead atoms. The first kappa shape index (κ1) is 12.3. The van der Waals surface area contributed by atoms with Crippen molar-refractivity contribution in [3.05, 3.63) is 36.0 Å². The Bertz CT molecular complexity index is 605. The number of fused-ring (bicyclic) bond motifs is 1. The topological polar surface area (TPSA) is 44.9 Å². The lowest BCUT2D eigenvalue weighted by Crippen LogP contribution is -2.29. The third-order valence-corrected chi connectivity index (χ3v) is 5.07. The van der Waals surface area contributed by atoms with E-state index in [0.29, 0.717) is 5.69 Å². The average Bonchev–Trinajstić information content (AvgIpc) is 2.73. The van der Waals surface area contributed by atoms with Crippen molar-refractivity contribution >= 4 is 16.8 Å². The molecule has 1 aromatic heterocycles. The van der Waals surface area contributed by atoms with Crippen LogP contribution in [0.5, 0.6) is 0 Å². The van der Waals surface area contributed by atoms with Crippen molar-refractivity contribution in [3.8, 4) is 0 Å². The Hall–Kier alpha value is -1.77. The summed E-state index contributed by atoms with van der Waals surface area (Å²) >= 11 is 0. The molecule has 1 aliphatic carbocycles. The molecular formula is C16H20N2O. The zero-order valence-corrected chi connectivity index (χ0v) is 11.9. The van der Waals surface area contributed by atoms with Crippen LogP contribution in [0.15, 0.2) is 30.3 Å². The smallest absolute Gasteiger partial charge is 0.267 e. The summed E-state index contributed by atoms with van der Waals surface area (Å²) in [7, 11) is 0. The van der Waals surface area contributed by atoms with E-state index in [-0.39, 0.29) is 22.8 Å². The molecule has 0 saturated heterocycles. The van der Waals surface area contributed by atoms with Gasteiger partial charge in [0.05, 0.1) is 0 Å². The number of aromatic nitrogens is 1. The summed E-state index contributed by atoms with van der Waals surface area (Å²) in [6.45, 7) is 8.79. The van der Waals surface area contributed by atoms with Gasteiger partial charge in [0.25, 0.3) is 5.91 Å². The molecule has 100 valence electrons. The van der Waals surface area contributed by atoms with Gasteiger partial charge >= 0.3 is 0 Å². The number of hydrogen-bond donors (Lipinski definition) is 2. The molecule has 0 unspecified atom stereocenters. The van der Waals surface area contributed by atoms with Crippen molar-refractivity contribution in [2.75, 3.05) is 0 Å². The van der Waals surface area contributed by atoms with Crippen LogP contribution in [0.2, 0.25) is 0 Å². The fourth-order valence-electron chi connectivity index (χ4n) is 2.96. The quantitative estimate of drug-likeness (QED) is 0.850. The third kappa shape index (κ3) is 1.68. The fourth-order valence-corrected chi connectivity index (χ4v) is 2.96. The number of H-pyrrole nitrogens is 1. The van der Waals surface area contributed by atoms with Crippen molar-refractivity contribution in [2.45, 2.75) is 33.7 Å². The summed E-state index contributed by atoms with van der Waals surface area (Å²) in [6, 6.07) is 10.1. The van der Waals surface area contributed by atoms with E-state index in [0.717, 1.165) is 10.9 Å². The van der Waals surface area contributed by atoms with Crippen molar-refractivity contribution in [1.29, 1.82) is 0 Å². The normalized spacial score (nSPS) is 20.4. The second kappa shape index (κ2) is 3.62. The van der Waals surface area contributed by atoms with Crippen molar-refractivity contribution in [1.82, 2.24) is 10.3 Å². The molecule has 1 aromatic carbocycles. The van der Waals surface area contributed by atoms with E-state index in [4.69, 9.17) is 0 Å². The van der Waals surface area contributed by atoms with E-state index in [1.54, 1.807) is 0 Å². The fraction of sp³-hybridized carbons (Fsp3) is 0.438. The molecule has 3 heteroatoms. The maximum atomic E-state index is 12.3. The van der Waals surface area contributed by atoms with Gasteiger partial charge < -0.3 is 10.3 Å². The molecule has 1 aliphatic rings. The summed E-state index contributed by atoms with van der Waals surface area (Å²) in [5.74, 6) is -0.0140. The summed E-state index contributed by atoms with van der Waals surface area (Å²) in [4.78, 5) is 15.5. The number of carbonyl (C=O) groups excluding carboxylic acids is 1. The molecule has 1 heterocycles. The molecule has 3 nitrogen and oxygen atoms in total. The molecule has 1 amide bonds. The molecular weight excluding hydrogens is 236 g/mol. The van der Waals surface area contributed by atoms with Gasteiger partial charge in [-0.3, -0.25) is 4.79 Å². The lowest BCUT2D eigenvalue weighted by molar-refractivity contribution is 0.0939. The van der Waals surface area contributed by atoms with Gasteiger partial charge in [0.2, 0.25) is 0 Å². The Morgan fingerprint density at radius 3 is 2.37 bits per heavy atom. The number of para-hydroxylation sites is 1. The molecule has 2 N–H and O–H groups in total. The lowest BCUT2D eigenvalue weighted by atomic mass is 10.0. The molecule has 0 spiro atoms. The van der Waals surface area contributed by atoms with Crippen LogP contribution in [0.4, 0.5) is 0 Å². The molecule has 0 atom stereocenters. The standard InChI is InChI=1S/C16H20N2O/c1-15(2)14(16(15,3)4)18-13(19)12-9-10-7-5-6-8-11(10)17-12/h5-9,14,17H,1-4H3,(H,18,19). The highest BCUT2D eigenvalue weighted by Crippen LogP contribution is 2.62. The Balaban J connectivity index is 1.82. The zero-order valence-electron chi connectivity index (χ0n) is 11.9. The maximum absolute atomic E-state index is 12.3. The van der Waals surface area contributed by atoms with Crippen LogP contribution in [0.25, 0.3) is 10.9 Å². The largest absolute Gasteiger partial charge is 0.351 e. The minimum Gasteiger partial charge on any atom is -0.351 e. The predicted octanol–water partition coefficient (Wildman–Crippen LogP) is 3.33. The first-order chi connectivity index (χ1) is 8.84. The van der Waals surface area contributed by atoms with E-state index < -0.39 is 0 Å². The van der Waals surface area contributed by atoms with E-state index >= 15 is 0 Å². The first-order valence-electron chi connectivity index (χ1n) is 6.72. The second-order valence-electron chi connectivity index (χ2n) is 6.62. The summed E-state index contributed by atoms with van der Waals surface area (Å²) < 4.78 is 0. The van der Waals surface area contributed by atoms with Crippen LogP contribution in [0.3, 0.4) is 0 Å². The van der Waals surface area contributed by atoms with Gasteiger partial charge in [-0.15, -0.1) is 0 Å². The molecule has 19 heavy (non-hydrogen) atoms. The highest BCUT2D eigenvalue weighted by atomic mass is 16.2. The highest BCUT2D eigenvalue weighted by molar-refractivity contribution is 5.98. The highest BCUT2D eigenvalue weighted by Gasteiger charge is 2.65.